The normalized spacial score (nSPS) is 15.5. The average molecular weight is 322 g/mol. The molecule has 2 amide bonds. The fraction of sp³-hybridized carbons (Fsp3) is 0.211. The molecule has 0 unspecified atom stereocenters. The van der Waals surface area contributed by atoms with Gasteiger partial charge in [0.05, 0.1) is 5.69 Å². The van der Waals surface area contributed by atoms with E-state index in [-0.39, 0.29) is 11.6 Å². The number of ether oxygens (including phenoxy) is 1. The first-order valence-electron chi connectivity index (χ1n) is 7.67. The van der Waals surface area contributed by atoms with Gasteiger partial charge in [-0.05, 0) is 39.0 Å². The number of amides is 2. The monoisotopic (exact) mass is 322 g/mol. The standard InChI is InChI=1S/C19H18N2O3/c1-19(2,3)24-18(23)20-16-14-11-7-8-12-15(14)21(17(16)22)13-9-5-4-6-10-13/h4-12H,1-3H3/b20-16+. The molecule has 0 aliphatic carbocycles. The van der Waals surface area contributed by atoms with Gasteiger partial charge >= 0.3 is 6.09 Å². The van der Waals surface area contributed by atoms with Crippen LogP contribution in [0.3, 0.4) is 0 Å². The smallest absolute Gasteiger partial charge is 0.434 e. The highest BCUT2D eigenvalue weighted by atomic mass is 16.6. The number of anilines is 2. The van der Waals surface area contributed by atoms with E-state index in [2.05, 4.69) is 4.99 Å². The Hall–Kier alpha value is -2.95. The number of carbonyl (C=O) groups excluding carboxylic acids is 2. The fourth-order valence-corrected chi connectivity index (χ4v) is 2.52. The Bertz CT molecular complexity index is 820. The average Bonchev–Trinajstić information content (AvgIpc) is 2.79. The lowest BCUT2D eigenvalue weighted by Gasteiger charge is -2.17. The van der Waals surface area contributed by atoms with Crippen molar-refractivity contribution in [1.29, 1.82) is 0 Å². The summed E-state index contributed by atoms with van der Waals surface area (Å²) in [7, 11) is 0. The van der Waals surface area contributed by atoms with E-state index in [0.717, 1.165) is 5.69 Å². The van der Waals surface area contributed by atoms with Gasteiger partial charge in [-0.1, -0.05) is 36.4 Å². The van der Waals surface area contributed by atoms with Gasteiger partial charge in [0, 0.05) is 11.3 Å². The Balaban J connectivity index is 2.04. The first-order chi connectivity index (χ1) is 11.4. The zero-order valence-corrected chi connectivity index (χ0v) is 13.8. The predicted molar refractivity (Wildman–Crippen MR) is 92.8 cm³/mol. The molecule has 0 saturated heterocycles. The molecule has 0 fully saturated rings. The van der Waals surface area contributed by atoms with Crippen LogP contribution in [0.4, 0.5) is 16.2 Å². The van der Waals surface area contributed by atoms with Crippen LogP contribution in [0.2, 0.25) is 0 Å². The second kappa shape index (κ2) is 5.92. The molecule has 0 N–H and O–H groups in total. The lowest BCUT2D eigenvalue weighted by atomic mass is 10.1. The highest BCUT2D eigenvalue weighted by Crippen LogP contribution is 2.35. The van der Waals surface area contributed by atoms with Crippen molar-refractivity contribution in [3.8, 4) is 0 Å². The molecule has 0 spiro atoms. The fourth-order valence-electron chi connectivity index (χ4n) is 2.52. The van der Waals surface area contributed by atoms with Crippen molar-refractivity contribution in [1.82, 2.24) is 0 Å². The van der Waals surface area contributed by atoms with Crippen LogP contribution >= 0.6 is 0 Å². The maximum atomic E-state index is 12.9. The van der Waals surface area contributed by atoms with E-state index in [1.165, 1.54) is 0 Å². The third kappa shape index (κ3) is 3.06. The number of aliphatic imine (C=N–C) groups is 1. The lowest BCUT2D eigenvalue weighted by Crippen LogP contribution is -2.27. The van der Waals surface area contributed by atoms with Gasteiger partial charge < -0.3 is 4.74 Å². The van der Waals surface area contributed by atoms with E-state index < -0.39 is 11.7 Å². The molecule has 2 aromatic rings. The molecule has 1 aliphatic rings. The molecule has 0 atom stereocenters. The summed E-state index contributed by atoms with van der Waals surface area (Å²) in [6.07, 6.45) is -0.768. The second-order valence-electron chi connectivity index (χ2n) is 6.43. The van der Waals surface area contributed by atoms with Crippen LogP contribution in [0.25, 0.3) is 0 Å². The number of para-hydroxylation sites is 2. The molecule has 0 bridgehead atoms. The van der Waals surface area contributed by atoms with Gasteiger partial charge in [0.25, 0.3) is 5.91 Å². The summed E-state index contributed by atoms with van der Waals surface area (Å²) in [4.78, 5) is 30.4. The van der Waals surface area contributed by atoms with Crippen LogP contribution in [0.1, 0.15) is 26.3 Å². The molecule has 0 aromatic heterocycles. The maximum absolute atomic E-state index is 12.9. The minimum absolute atomic E-state index is 0.101. The number of hydrogen-bond donors (Lipinski definition) is 0. The first-order valence-corrected chi connectivity index (χ1v) is 7.67. The molecule has 2 aromatic carbocycles. The van der Waals surface area contributed by atoms with Crippen LogP contribution in [0.5, 0.6) is 0 Å². The van der Waals surface area contributed by atoms with Crippen LogP contribution in [0, 0.1) is 0 Å². The Morgan fingerprint density at radius 2 is 1.62 bits per heavy atom. The lowest BCUT2D eigenvalue weighted by molar-refractivity contribution is -0.111. The summed E-state index contributed by atoms with van der Waals surface area (Å²) in [6, 6.07) is 16.5. The summed E-state index contributed by atoms with van der Waals surface area (Å²) in [5.74, 6) is -0.340. The summed E-state index contributed by atoms with van der Waals surface area (Å²) >= 11 is 0. The van der Waals surface area contributed by atoms with Crippen molar-refractivity contribution >= 4 is 29.1 Å². The highest BCUT2D eigenvalue weighted by molar-refractivity contribution is 6.56. The third-order valence-corrected chi connectivity index (χ3v) is 3.42. The first kappa shape index (κ1) is 15.9. The summed E-state index contributed by atoms with van der Waals surface area (Å²) < 4.78 is 5.21. The van der Waals surface area contributed by atoms with E-state index in [0.29, 0.717) is 11.3 Å². The molecule has 5 heteroatoms. The quantitative estimate of drug-likeness (QED) is 0.794. The predicted octanol–water partition coefficient (Wildman–Crippen LogP) is 4.09. The van der Waals surface area contributed by atoms with E-state index in [9.17, 15) is 9.59 Å². The highest BCUT2D eigenvalue weighted by Gasteiger charge is 2.35. The van der Waals surface area contributed by atoms with Crippen molar-refractivity contribution in [3.63, 3.8) is 0 Å². The third-order valence-electron chi connectivity index (χ3n) is 3.42. The van der Waals surface area contributed by atoms with E-state index in [1.54, 1.807) is 31.7 Å². The molecular weight excluding hydrogens is 304 g/mol. The molecule has 122 valence electrons. The minimum Gasteiger partial charge on any atom is -0.442 e. The topological polar surface area (TPSA) is 59.0 Å². The zero-order valence-electron chi connectivity index (χ0n) is 13.8. The van der Waals surface area contributed by atoms with Gasteiger partial charge in [-0.3, -0.25) is 9.69 Å². The van der Waals surface area contributed by atoms with Gasteiger partial charge in [-0.25, -0.2) is 4.79 Å². The van der Waals surface area contributed by atoms with E-state index in [4.69, 9.17) is 4.74 Å². The van der Waals surface area contributed by atoms with Crippen LogP contribution in [-0.4, -0.2) is 23.3 Å². The van der Waals surface area contributed by atoms with Gasteiger partial charge in [0.1, 0.15) is 11.3 Å². The zero-order chi connectivity index (χ0) is 17.3. The van der Waals surface area contributed by atoms with Gasteiger partial charge in [-0.15, -0.1) is 0 Å². The van der Waals surface area contributed by atoms with Crippen molar-refractivity contribution in [2.24, 2.45) is 4.99 Å². The van der Waals surface area contributed by atoms with E-state index in [1.807, 2.05) is 48.5 Å². The molecule has 5 nitrogen and oxygen atoms in total. The molecule has 3 rings (SSSR count). The van der Waals surface area contributed by atoms with E-state index >= 15 is 0 Å². The number of fused-ring (bicyclic) bond motifs is 1. The Morgan fingerprint density at radius 1 is 1.00 bits per heavy atom. The number of rotatable bonds is 1. The van der Waals surface area contributed by atoms with Crippen LogP contribution in [-0.2, 0) is 9.53 Å². The largest absolute Gasteiger partial charge is 0.442 e. The van der Waals surface area contributed by atoms with Gasteiger partial charge in [0.2, 0.25) is 0 Å². The molecule has 1 heterocycles. The van der Waals surface area contributed by atoms with Gasteiger partial charge in [-0.2, -0.15) is 4.99 Å². The van der Waals surface area contributed by atoms with Gasteiger partial charge in [0.15, 0.2) is 0 Å². The Kier molecular flexibility index (Phi) is 3.93. The molecular formula is C19H18N2O3. The SMILES string of the molecule is CC(C)(C)OC(=O)/N=C1/C(=O)N(c2ccccc2)c2ccccc21. The Morgan fingerprint density at radius 3 is 2.29 bits per heavy atom. The van der Waals surface area contributed by atoms with Crippen molar-refractivity contribution < 1.29 is 14.3 Å². The Labute approximate surface area is 140 Å². The maximum Gasteiger partial charge on any atom is 0.434 e. The summed E-state index contributed by atoms with van der Waals surface area (Å²) in [5.41, 5.74) is 1.49. The van der Waals surface area contributed by atoms with Crippen LogP contribution in [0.15, 0.2) is 59.6 Å². The molecule has 0 radical (unpaired) electrons. The van der Waals surface area contributed by atoms with Crippen molar-refractivity contribution in [2.45, 2.75) is 26.4 Å². The number of nitrogens with zero attached hydrogens (tertiary/aromatic N) is 2. The minimum atomic E-state index is -0.768. The summed E-state index contributed by atoms with van der Waals surface area (Å²) in [5, 5.41) is 0. The van der Waals surface area contributed by atoms with Crippen molar-refractivity contribution in [3.05, 3.63) is 60.2 Å². The van der Waals surface area contributed by atoms with Crippen molar-refractivity contribution in [2.75, 3.05) is 4.90 Å². The molecule has 0 saturated carbocycles. The molecule has 24 heavy (non-hydrogen) atoms. The molecule has 1 aliphatic heterocycles. The summed E-state index contributed by atoms with van der Waals surface area (Å²) in [6.45, 7) is 5.27. The number of carbonyl (C=O) groups is 2. The number of benzene rings is 2. The van der Waals surface area contributed by atoms with Crippen LogP contribution < -0.4 is 4.90 Å². The second-order valence-corrected chi connectivity index (χ2v) is 6.43. The number of hydrogen-bond acceptors (Lipinski definition) is 3.